The Morgan fingerprint density at radius 3 is 2.53 bits per heavy atom. The first-order chi connectivity index (χ1) is 16.2. The molecule has 0 aliphatic carbocycles. The van der Waals surface area contributed by atoms with Crippen molar-refractivity contribution < 1.29 is 22.4 Å². The molecule has 34 heavy (non-hydrogen) atoms. The Bertz CT molecular complexity index is 1220. The van der Waals surface area contributed by atoms with Crippen LogP contribution in [0.3, 0.4) is 0 Å². The summed E-state index contributed by atoms with van der Waals surface area (Å²) < 4.78 is 53.2. The van der Waals surface area contributed by atoms with Gasteiger partial charge in [-0.3, -0.25) is 4.79 Å². The lowest BCUT2D eigenvalue weighted by Crippen LogP contribution is -2.40. The zero-order valence-corrected chi connectivity index (χ0v) is 18.1. The Balaban J connectivity index is 1.42. The molecule has 7 nitrogen and oxygen atoms in total. The van der Waals surface area contributed by atoms with E-state index in [-0.39, 0.29) is 46.8 Å². The normalized spacial score (nSPS) is 21.7. The van der Waals surface area contributed by atoms with E-state index in [9.17, 15) is 22.4 Å². The molecular formula is C23H20F4N6O. The molecule has 5 rings (SSSR count). The Morgan fingerprint density at radius 1 is 1.09 bits per heavy atom. The van der Waals surface area contributed by atoms with Gasteiger partial charge in [0.15, 0.2) is 11.5 Å². The largest absolute Gasteiger partial charge is 0.434 e. The lowest BCUT2D eigenvalue weighted by atomic mass is 9.95. The molecule has 1 aromatic carbocycles. The van der Waals surface area contributed by atoms with Crippen LogP contribution in [0, 0.1) is 12.7 Å². The molecule has 1 N–H and O–H groups in total. The summed E-state index contributed by atoms with van der Waals surface area (Å²) in [6.45, 7) is 1.74. The maximum atomic E-state index is 14.9. The Kier molecular flexibility index (Phi) is 5.41. The Hall–Kier alpha value is -3.63. The highest BCUT2D eigenvalue weighted by Gasteiger charge is 2.49. The second-order valence-corrected chi connectivity index (χ2v) is 8.47. The van der Waals surface area contributed by atoms with Crippen molar-refractivity contribution in [2.45, 2.75) is 50.5 Å². The molecule has 3 atom stereocenters. The van der Waals surface area contributed by atoms with Gasteiger partial charge < -0.3 is 10.2 Å². The van der Waals surface area contributed by atoms with Crippen LogP contribution in [0.1, 0.15) is 40.9 Å². The molecule has 2 aromatic heterocycles. The number of carbonyl (C=O) groups is 1. The number of alkyl halides is 3. The number of hydrogen-bond acceptors (Lipinski definition) is 6. The minimum Gasteiger partial charge on any atom is -0.364 e. The van der Waals surface area contributed by atoms with Crippen molar-refractivity contribution in [1.82, 2.24) is 24.8 Å². The zero-order chi connectivity index (χ0) is 24.0. The van der Waals surface area contributed by atoms with Gasteiger partial charge in [0.05, 0.1) is 35.6 Å². The molecule has 2 aliphatic rings. The molecule has 3 aromatic rings. The summed E-state index contributed by atoms with van der Waals surface area (Å²) in [6, 6.07) is 3.96. The zero-order valence-electron chi connectivity index (χ0n) is 18.1. The molecule has 4 heterocycles. The van der Waals surface area contributed by atoms with Crippen LogP contribution < -0.4 is 5.32 Å². The van der Waals surface area contributed by atoms with Crippen LogP contribution in [0.2, 0.25) is 0 Å². The molecule has 3 unspecified atom stereocenters. The van der Waals surface area contributed by atoms with E-state index in [1.54, 1.807) is 24.0 Å². The van der Waals surface area contributed by atoms with Crippen LogP contribution in [0.25, 0.3) is 11.4 Å². The van der Waals surface area contributed by atoms with Gasteiger partial charge in [-0.1, -0.05) is 6.07 Å². The van der Waals surface area contributed by atoms with Gasteiger partial charge in [0.2, 0.25) is 0 Å². The molecule has 2 saturated heterocycles. The molecule has 2 bridgehead atoms. The SMILES string of the molecule is Cc1ccc(F)c(-c2ncccn2)c1C(=O)N1C2CCC1C(Nc1cnc(C(F)(F)F)cn1)C2. The molecular weight excluding hydrogens is 452 g/mol. The van der Waals surface area contributed by atoms with Crippen molar-refractivity contribution in [1.29, 1.82) is 0 Å². The molecule has 2 fully saturated rings. The van der Waals surface area contributed by atoms with Gasteiger partial charge in [-0.15, -0.1) is 0 Å². The Morgan fingerprint density at radius 2 is 1.85 bits per heavy atom. The summed E-state index contributed by atoms with van der Waals surface area (Å²) in [5, 5.41) is 3.13. The van der Waals surface area contributed by atoms with Crippen molar-refractivity contribution in [2.75, 3.05) is 5.32 Å². The maximum Gasteiger partial charge on any atom is 0.434 e. The summed E-state index contributed by atoms with van der Waals surface area (Å²) in [5.74, 6) is -0.553. The number of anilines is 1. The predicted molar refractivity (Wildman–Crippen MR) is 114 cm³/mol. The van der Waals surface area contributed by atoms with Crippen LogP contribution in [0.15, 0.2) is 43.0 Å². The lowest BCUT2D eigenvalue weighted by Gasteiger charge is -2.26. The first-order valence-electron chi connectivity index (χ1n) is 10.8. The first-order valence-corrected chi connectivity index (χ1v) is 10.8. The van der Waals surface area contributed by atoms with Crippen LogP contribution in [0.5, 0.6) is 0 Å². The third-order valence-corrected chi connectivity index (χ3v) is 6.41. The molecule has 2 aliphatic heterocycles. The maximum absolute atomic E-state index is 14.9. The number of aryl methyl sites for hydroxylation is 1. The van der Waals surface area contributed by atoms with E-state index in [0.717, 1.165) is 12.6 Å². The third-order valence-electron chi connectivity index (χ3n) is 6.41. The number of hydrogen-bond donors (Lipinski definition) is 1. The lowest BCUT2D eigenvalue weighted by molar-refractivity contribution is -0.141. The summed E-state index contributed by atoms with van der Waals surface area (Å²) in [7, 11) is 0. The highest BCUT2D eigenvalue weighted by Crippen LogP contribution is 2.41. The molecule has 0 spiro atoms. The topological polar surface area (TPSA) is 83.9 Å². The van der Waals surface area contributed by atoms with E-state index < -0.39 is 17.7 Å². The monoisotopic (exact) mass is 472 g/mol. The third kappa shape index (κ3) is 3.84. The van der Waals surface area contributed by atoms with Crippen LogP contribution in [-0.4, -0.2) is 48.9 Å². The number of benzene rings is 1. The van der Waals surface area contributed by atoms with Gasteiger partial charge >= 0.3 is 6.18 Å². The van der Waals surface area contributed by atoms with Gasteiger partial charge in [0.25, 0.3) is 5.91 Å². The quantitative estimate of drug-likeness (QED) is 0.572. The van der Waals surface area contributed by atoms with Crippen molar-refractivity contribution >= 4 is 11.7 Å². The first kappa shape index (κ1) is 22.2. The second-order valence-electron chi connectivity index (χ2n) is 8.47. The van der Waals surface area contributed by atoms with Crippen LogP contribution >= 0.6 is 0 Å². The van der Waals surface area contributed by atoms with Crippen LogP contribution in [0.4, 0.5) is 23.4 Å². The minimum atomic E-state index is -4.57. The highest BCUT2D eigenvalue weighted by molar-refractivity contribution is 6.02. The van der Waals surface area contributed by atoms with Crippen molar-refractivity contribution in [3.05, 3.63) is 65.6 Å². The predicted octanol–water partition coefficient (Wildman–Crippen LogP) is 4.26. The van der Waals surface area contributed by atoms with Gasteiger partial charge in [0.1, 0.15) is 11.6 Å². The highest BCUT2D eigenvalue weighted by atomic mass is 19.4. The van der Waals surface area contributed by atoms with Gasteiger partial charge in [0, 0.05) is 18.4 Å². The number of nitrogens with zero attached hydrogens (tertiary/aromatic N) is 5. The summed E-state index contributed by atoms with van der Waals surface area (Å²) in [5.41, 5.74) is -0.175. The fourth-order valence-electron chi connectivity index (χ4n) is 4.93. The van der Waals surface area contributed by atoms with Crippen LogP contribution in [-0.2, 0) is 6.18 Å². The second kappa shape index (κ2) is 8.30. The van der Waals surface area contributed by atoms with E-state index >= 15 is 0 Å². The van der Waals surface area contributed by atoms with E-state index in [1.165, 1.54) is 18.5 Å². The number of carbonyl (C=O) groups excluding carboxylic acids is 1. The molecule has 176 valence electrons. The average molecular weight is 472 g/mol. The van der Waals surface area contributed by atoms with E-state index in [4.69, 9.17) is 0 Å². The summed E-state index contributed by atoms with van der Waals surface area (Å²) in [4.78, 5) is 31.1. The minimum absolute atomic E-state index is 0.0648. The number of halogens is 4. The molecule has 1 amide bonds. The van der Waals surface area contributed by atoms with E-state index in [0.29, 0.717) is 24.6 Å². The number of nitrogens with one attached hydrogen (secondary N) is 1. The molecule has 0 saturated carbocycles. The van der Waals surface area contributed by atoms with Gasteiger partial charge in [-0.25, -0.2) is 24.3 Å². The van der Waals surface area contributed by atoms with Crippen molar-refractivity contribution in [3.8, 4) is 11.4 Å². The summed E-state index contributed by atoms with van der Waals surface area (Å²) >= 11 is 0. The number of aromatic nitrogens is 4. The fraction of sp³-hybridized carbons (Fsp3) is 0.348. The van der Waals surface area contributed by atoms with Gasteiger partial charge in [-0.05, 0) is 43.9 Å². The Labute approximate surface area is 192 Å². The molecule has 11 heteroatoms. The number of rotatable bonds is 4. The van der Waals surface area contributed by atoms with E-state index in [1.807, 2.05) is 0 Å². The molecule has 0 radical (unpaired) electrons. The standard InChI is InChI=1S/C23H20F4N6O/c1-12-3-5-14(24)20(21-28-7-2-8-29-21)19(12)22(34)33-13-4-6-16(33)15(9-13)32-18-11-30-17(10-31-18)23(25,26)27/h2-3,5,7-8,10-11,13,15-16H,4,6,9H2,1H3,(H,31,32). The number of fused-ring (bicyclic) bond motifs is 2. The van der Waals surface area contributed by atoms with Crippen molar-refractivity contribution in [2.24, 2.45) is 0 Å². The van der Waals surface area contributed by atoms with Crippen molar-refractivity contribution in [3.63, 3.8) is 0 Å². The van der Waals surface area contributed by atoms with E-state index in [2.05, 4.69) is 25.3 Å². The fourth-order valence-corrected chi connectivity index (χ4v) is 4.93. The number of amides is 1. The van der Waals surface area contributed by atoms with Gasteiger partial charge in [-0.2, -0.15) is 13.2 Å². The smallest absolute Gasteiger partial charge is 0.364 e. The average Bonchev–Trinajstić information content (AvgIpc) is 3.38. The summed E-state index contributed by atoms with van der Waals surface area (Å²) in [6.07, 6.45) is 2.25.